The molecule has 0 spiro atoms. The predicted molar refractivity (Wildman–Crippen MR) is 57.5 cm³/mol. The third kappa shape index (κ3) is 3.46. The van der Waals surface area contributed by atoms with E-state index in [1.54, 1.807) is 6.07 Å². The summed E-state index contributed by atoms with van der Waals surface area (Å²) in [6, 6.07) is 1.59. The summed E-state index contributed by atoms with van der Waals surface area (Å²) >= 11 is 0. The Bertz CT molecular complexity index is 556. The van der Waals surface area contributed by atoms with E-state index in [-0.39, 0.29) is 12.2 Å². The molecular weight excluding hydrogens is 248 g/mol. The van der Waals surface area contributed by atoms with Gasteiger partial charge in [0, 0.05) is 6.20 Å². The molecule has 0 saturated carbocycles. The van der Waals surface area contributed by atoms with Gasteiger partial charge in [-0.1, -0.05) is 0 Å². The average molecular weight is 258 g/mol. The highest BCUT2D eigenvalue weighted by Gasteiger charge is 2.20. The van der Waals surface area contributed by atoms with E-state index >= 15 is 0 Å². The number of carboxylic acid groups (broad SMARTS) is 1. The number of nitrogens with one attached hydrogen (secondary N) is 1. The van der Waals surface area contributed by atoms with Crippen LogP contribution in [0.25, 0.3) is 0 Å². The van der Waals surface area contributed by atoms with Crippen LogP contribution in [0.3, 0.4) is 0 Å². The minimum Gasteiger partial charge on any atom is -0.480 e. The highest BCUT2D eigenvalue weighted by Crippen LogP contribution is 2.10. The second kappa shape index (κ2) is 4.84. The lowest BCUT2D eigenvalue weighted by Crippen LogP contribution is -2.23. The highest BCUT2D eigenvalue weighted by atomic mass is 32.2. The minimum atomic E-state index is -3.79. The molecule has 1 rings (SSSR count). The van der Waals surface area contributed by atoms with Gasteiger partial charge in [-0.25, -0.2) is 8.42 Å². The molecule has 0 saturated heterocycles. The van der Waals surface area contributed by atoms with Gasteiger partial charge in [0.1, 0.15) is 6.54 Å². The van der Waals surface area contributed by atoms with Gasteiger partial charge in [0.25, 0.3) is 0 Å². The molecule has 1 unspecified atom stereocenters. The van der Waals surface area contributed by atoms with Crippen molar-refractivity contribution in [1.29, 1.82) is 5.26 Å². The third-order valence-electron chi connectivity index (χ3n) is 1.84. The van der Waals surface area contributed by atoms with Gasteiger partial charge in [-0.2, -0.15) is 10.4 Å². The summed E-state index contributed by atoms with van der Waals surface area (Å²) in [6.07, 6.45) is 2.40. The first-order valence-corrected chi connectivity index (χ1v) is 6.05. The maximum absolute atomic E-state index is 11.5. The summed E-state index contributed by atoms with van der Waals surface area (Å²) < 4.78 is 26.2. The molecule has 1 heterocycles. The molecule has 2 N–H and O–H groups in total. The molecule has 1 aromatic rings. The molecule has 0 aliphatic carbocycles. The van der Waals surface area contributed by atoms with E-state index in [1.165, 1.54) is 19.3 Å². The van der Waals surface area contributed by atoms with Crippen molar-refractivity contribution in [2.45, 2.75) is 18.7 Å². The number of aliphatic carboxylic acids is 1. The van der Waals surface area contributed by atoms with Crippen LogP contribution in [-0.4, -0.2) is 34.5 Å². The number of carbonyl (C=O) groups is 1. The van der Waals surface area contributed by atoms with Crippen LogP contribution < -0.4 is 4.72 Å². The Morgan fingerprint density at radius 1 is 1.76 bits per heavy atom. The van der Waals surface area contributed by atoms with E-state index < -0.39 is 21.2 Å². The van der Waals surface area contributed by atoms with Crippen molar-refractivity contribution in [3.8, 4) is 6.07 Å². The summed E-state index contributed by atoms with van der Waals surface area (Å²) in [5.41, 5.74) is 0.119. The Balaban J connectivity index is 2.80. The van der Waals surface area contributed by atoms with Crippen molar-refractivity contribution >= 4 is 21.7 Å². The van der Waals surface area contributed by atoms with Gasteiger partial charge in [0.15, 0.2) is 5.25 Å². The number of hydrogen-bond acceptors (Lipinski definition) is 5. The molecule has 0 fully saturated rings. The van der Waals surface area contributed by atoms with Crippen LogP contribution in [0.2, 0.25) is 0 Å². The van der Waals surface area contributed by atoms with Gasteiger partial charge in [-0.15, -0.1) is 0 Å². The van der Waals surface area contributed by atoms with Gasteiger partial charge in [0.2, 0.25) is 10.0 Å². The standard InChI is InChI=1S/C8H10N4O4S/c1-6(2-9)17(15,16)11-7-3-10-12(4-7)5-8(13)14/h3-4,6,11H,5H2,1H3,(H,13,14). The smallest absolute Gasteiger partial charge is 0.325 e. The van der Waals surface area contributed by atoms with Crippen molar-refractivity contribution in [3.05, 3.63) is 12.4 Å². The van der Waals surface area contributed by atoms with E-state index in [0.29, 0.717) is 0 Å². The van der Waals surface area contributed by atoms with Crippen molar-refractivity contribution < 1.29 is 18.3 Å². The Morgan fingerprint density at radius 3 is 2.94 bits per heavy atom. The number of sulfonamides is 1. The van der Waals surface area contributed by atoms with Crippen LogP contribution in [0.15, 0.2) is 12.4 Å². The molecule has 1 atom stereocenters. The summed E-state index contributed by atoms with van der Waals surface area (Å²) in [6.45, 7) is 0.875. The number of hydrogen-bond donors (Lipinski definition) is 2. The molecule has 0 aliphatic heterocycles. The first-order chi connectivity index (χ1) is 7.85. The lowest BCUT2D eigenvalue weighted by molar-refractivity contribution is -0.137. The molecule has 17 heavy (non-hydrogen) atoms. The van der Waals surface area contributed by atoms with Crippen LogP contribution in [0.1, 0.15) is 6.92 Å². The lowest BCUT2D eigenvalue weighted by Gasteiger charge is -2.06. The van der Waals surface area contributed by atoms with Crippen LogP contribution in [0, 0.1) is 11.3 Å². The zero-order valence-electron chi connectivity index (χ0n) is 8.86. The van der Waals surface area contributed by atoms with Gasteiger partial charge < -0.3 is 5.11 Å². The molecule has 0 aromatic carbocycles. The van der Waals surface area contributed by atoms with Crippen molar-refractivity contribution in [1.82, 2.24) is 9.78 Å². The second-order valence-corrected chi connectivity index (χ2v) is 5.24. The monoisotopic (exact) mass is 258 g/mol. The summed E-state index contributed by atoms with van der Waals surface area (Å²) in [7, 11) is -3.79. The van der Waals surface area contributed by atoms with Crippen molar-refractivity contribution in [3.63, 3.8) is 0 Å². The van der Waals surface area contributed by atoms with E-state index in [1.807, 2.05) is 0 Å². The fourth-order valence-electron chi connectivity index (χ4n) is 0.963. The summed E-state index contributed by atoms with van der Waals surface area (Å²) in [5, 5.41) is 19.4. The largest absolute Gasteiger partial charge is 0.480 e. The molecule has 0 amide bonds. The van der Waals surface area contributed by atoms with Gasteiger partial charge in [-0.3, -0.25) is 14.2 Å². The first-order valence-electron chi connectivity index (χ1n) is 4.50. The number of carboxylic acids is 1. The van der Waals surface area contributed by atoms with Crippen LogP contribution in [-0.2, 0) is 21.4 Å². The SMILES string of the molecule is CC(C#N)S(=O)(=O)Nc1cnn(CC(=O)O)c1. The first kappa shape index (κ1) is 13.0. The molecular formula is C8H10N4O4S. The van der Waals surface area contributed by atoms with Gasteiger partial charge in [0.05, 0.1) is 18.0 Å². The predicted octanol–water partition coefficient (Wildman–Crippen LogP) is -0.379. The molecule has 8 nitrogen and oxygen atoms in total. The van der Waals surface area contributed by atoms with Crippen molar-refractivity contribution in [2.75, 3.05) is 4.72 Å². The third-order valence-corrected chi connectivity index (χ3v) is 3.39. The molecule has 1 aromatic heterocycles. The quantitative estimate of drug-likeness (QED) is 0.741. The summed E-state index contributed by atoms with van der Waals surface area (Å²) in [5.74, 6) is -1.09. The number of nitriles is 1. The number of rotatable bonds is 5. The molecule has 0 radical (unpaired) electrons. The Labute approximate surface area is 97.5 Å². The van der Waals surface area contributed by atoms with E-state index in [0.717, 1.165) is 4.68 Å². The second-order valence-electron chi connectivity index (χ2n) is 3.24. The molecule has 0 bridgehead atoms. The zero-order chi connectivity index (χ0) is 13.1. The fourth-order valence-corrected chi connectivity index (χ4v) is 1.71. The Hall–Kier alpha value is -2.08. The number of anilines is 1. The average Bonchev–Trinajstić information content (AvgIpc) is 2.62. The van der Waals surface area contributed by atoms with Crippen LogP contribution in [0.5, 0.6) is 0 Å². The maximum atomic E-state index is 11.5. The fraction of sp³-hybridized carbons (Fsp3) is 0.375. The van der Waals surface area contributed by atoms with E-state index in [9.17, 15) is 13.2 Å². The van der Waals surface area contributed by atoms with Crippen molar-refractivity contribution in [2.24, 2.45) is 0 Å². The Morgan fingerprint density at radius 2 is 2.41 bits per heavy atom. The summed E-state index contributed by atoms with van der Waals surface area (Å²) in [4.78, 5) is 10.4. The Kier molecular flexibility index (Phi) is 3.69. The van der Waals surface area contributed by atoms with E-state index in [2.05, 4.69) is 9.82 Å². The molecule has 9 heteroatoms. The van der Waals surface area contributed by atoms with Gasteiger partial charge in [-0.05, 0) is 6.92 Å². The molecule has 0 aliphatic rings. The highest BCUT2D eigenvalue weighted by molar-refractivity contribution is 7.93. The van der Waals surface area contributed by atoms with Crippen LogP contribution >= 0.6 is 0 Å². The topological polar surface area (TPSA) is 125 Å². The lowest BCUT2D eigenvalue weighted by atomic mass is 10.5. The van der Waals surface area contributed by atoms with Gasteiger partial charge >= 0.3 is 5.97 Å². The zero-order valence-corrected chi connectivity index (χ0v) is 9.68. The maximum Gasteiger partial charge on any atom is 0.325 e. The molecule has 92 valence electrons. The van der Waals surface area contributed by atoms with Crippen LogP contribution in [0.4, 0.5) is 5.69 Å². The van der Waals surface area contributed by atoms with E-state index in [4.69, 9.17) is 10.4 Å². The number of nitrogens with zero attached hydrogens (tertiary/aromatic N) is 3. The normalized spacial score (nSPS) is 12.7. The number of aromatic nitrogens is 2. The minimum absolute atomic E-state index is 0.119.